The van der Waals surface area contributed by atoms with Gasteiger partial charge in [0.25, 0.3) is 0 Å². The number of hydrogen-bond acceptors (Lipinski definition) is 4. The number of aromatic nitrogens is 1. The van der Waals surface area contributed by atoms with Crippen molar-refractivity contribution in [3.8, 4) is 5.75 Å². The van der Waals surface area contributed by atoms with Crippen LogP contribution in [-0.2, 0) is 0 Å². The van der Waals surface area contributed by atoms with Gasteiger partial charge in [-0.3, -0.25) is 0 Å². The van der Waals surface area contributed by atoms with Crippen LogP contribution in [0.5, 0.6) is 5.75 Å². The van der Waals surface area contributed by atoms with Crippen molar-refractivity contribution in [2.45, 2.75) is 17.2 Å². The fourth-order valence-electron chi connectivity index (χ4n) is 4.75. The van der Waals surface area contributed by atoms with Crippen LogP contribution in [0.25, 0.3) is 10.9 Å². The number of hydrogen-bond donors (Lipinski definition) is 2. The Morgan fingerprint density at radius 3 is 2.67 bits per heavy atom. The molecule has 0 spiro atoms. The number of anilines is 1. The number of nitrogens with zero attached hydrogens (tertiary/aromatic N) is 1. The van der Waals surface area contributed by atoms with Gasteiger partial charge in [0.05, 0.1) is 32.8 Å². The molecule has 3 aromatic carbocycles. The maximum atomic E-state index is 14.9. The summed E-state index contributed by atoms with van der Waals surface area (Å²) >= 11 is 13.6. The third-order valence-corrected chi connectivity index (χ3v) is 8.10. The molecular formula is C27H25Cl2F2N3OS. The quantitative estimate of drug-likeness (QED) is 0.230. The van der Waals surface area contributed by atoms with Gasteiger partial charge in [-0.2, -0.15) is 0 Å². The van der Waals surface area contributed by atoms with Gasteiger partial charge in [0.2, 0.25) is 0 Å². The van der Waals surface area contributed by atoms with Gasteiger partial charge in [-0.1, -0.05) is 35.3 Å². The van der Waals surface area contributed by atoms with Gasteiger partial charge in [-0.05, 0) is 79.8 Å². The number of aromatic amines is 1. The molecule has 2 heterocycles. The second-order valence-corrected chi connectivity index (χ2v) is 10.7. The van der Waals surface area contributed by atoms with Gasteiger partial charge in [-0.25, -0.2) is 8.78 Å². The number of ether oxygens (including phenoxy) is 1. The van der Waals surface area contributed by atoms with Gasteiger partial charge in [0.15, 0.2) is 0 Å². The van der Waals surface area contributed by atoms with E-state index >= 15 is 0 Å². The summed E-state index contributed by atoms with van der Waals surface area (Å²) in [6.45, 7) is 2.29. The summed E-state index contributed by atoms with van der Waals surface area (Å²) in [5.41, 5.74) is 2.62. The summed E-state index contributed by atoms with van der Waals surface area (Å²) in [6, 6.07) is 15.2. The van der Waals surface area contributed by atoms with Crippen molar-refractivity contribution in [3.63, 3.8) is 0 Å². The van der Waals surface area contributed by atoms with Crippen molar-refractivity contribution in [2.24, 2.45) is 5.92 Å². The fraction of sp³-hybridized carbons (Fsp3) is 0.259. The minimum Gasteiger partial charge on any atom is -0.493 e. The number of fused-ring (bicyclic) bond motifs is 1. The molecule has 2 N–H and O–H groups in total. The van der Waals surface area contributed by atoms with Crippen LogP contribution < -0.4 is 9.46 Å². The van der Waals surface area contributed by atoms with Crippen molar-refractivity contribution in [1.29, 1.82) is 0 Å². The first-order valence-corrected chi connectivity index (χ1v) is 13.2. The molecule has 5 rings (SSSR count). The Morgan fingerprint density at radius 2 is 1.89 bits per heavy atom. The van der Waals surface area contributed by atoms with Crippen molar-refractivity contribution >= 4 is 51.7 Å². The molecule has 2 atom stereocenters. The number of rotatable bonds is 7. The lowest BCUT2D eigenvalue weighted by molar-refractivity contribution is 0.129. The summed E-state index contributed by atoms with van der Waals surface area (Å²) in [6.07, 6.45) is 2.64. The van der Waals surface area contributed by atoms with E-state index in [1.54, 1.807) is 24.4 Å². The predicted octanol–water partition coefficient (Wildman–Crippen LogP) is 7.99. The normalized spacial score (nSPS) is 18.5. The molecule has 0 radical (unpaired) electrons. The predicted molar refractivity (Wildman–Crippen MR) is 144 cm³/mol. The van der Waals surface area contributed by atoms with E-state index < -0.39 is 0 Å². The molecule has 0 bridgehead atoms. The topological polar surface area (TPSA) is 40.3 Å². The standard InChI is InChI=1S/C27H25Cl2F2N3OS/c1-34-11-10-20(16-2-4-18(30)5-3-16)17(14-34)15-35-19-6-9-25(23(31)12-19)36-33-24-8-7-21(28)26-22(29)13-32-27(24)26/h2-9,12-13,17,20,32-33H,10-11,14-15H2,1H3/t17-,20?/m0/s1. The first-order chi connectivity index (χ1) is 17.4. The average molecular weight is 548 g/mol. The highest BCUT2D eigenvalue weighted by Crippen LogP contribution is 2.37. The molecule has 0 aliphatic carbocycles. The van der Waals surface area contributed by atoms with Gasteiger partial charge in [-0.15, -0.1) is 0 Å². The van der Waals surface area contributed by atoms with E-state index in [1.165, 1.54) is 18.2 Å². The highest BCUT2D eigenvalue weighted by Gasteiger charge is 2.29. The monoisotopic (exact) mass is 547 g/mol. The van der Waals surface area contributed by atoms with Crippen LogP contribution in [0.2, 0.25) is 10.0 Å². The highest BCUT2D eigenvalue weighted by atomic mass is 35.5. The van der Waals surface area contributed by atoms with Gasteiger partial charge >= 0.3 is 0 Å². The van der Waals surface area contributed by atoms with E-state index in [-0.39, 0.29) is 23.5 Å². The molecule has 0 amide bonds. The van der Waals surface area contributed by atoms with Gasteiger partial charge in [0.1, 0.15) is 17.4 Å². The van der Waals surface area contributed by atoms with E-state index in [0.717, 1.165) is 53.6 Å². The zero-order chi connectivity index (χ0) is 25.2. The number of likely N-dealkylation sites (tertiary alicyclic amines) is 1. The molecule has 4 aromatic rings. The zero-order valence-corrected chi connectivity index (χ0v) is 21.9. The lowest BCUT2D eigenvalue weighted by Gasteiger charge is -2.37. The molecule has 1 aliphatic rings. The zero-order valence-electron chi connectivity index (χ0n) is 19.5. The van der Waals surface area contributed by atoms with Gasteiger partial charge in [0, 0.05) is 30.1 Å². The second kappa shape index (κ2) is 10.9. The first kappa shape index (κ1) is 25.2. The molecule has 1 aromatic heterocycles. The molecule has 0 saturated carbocycles. The number of halogens is 4. The lowest BCUT2D eigenvalue weighted by Crippen LogP contribution is -2.39. The van der Waals surface area contributed by atoms with E-state index in [1.807, 2.05) is 18.2 Å². The van der Waals surface area contributed by atoms with E-state index in [0.29, 0.717) is 27.3 Å². The highest BCUT2D eigenvalue weighted by molar-refractivity contribution is 8.00. The summed E-state index contributed by atoms with van der Waals surface area (Å²) < 4.78 is 37.5. The Hall–Kier alpha value is -2.45. The van der Waals surface area contributed by atoms with Crippen molar-refractivity contribution in [1.82, 2.24) is 9.88 Å². The Morgan fingerprint density at radius 1 is 1.08 bits per heavy atom. The van der Waals surface area contributed by atoms with Crippen LogP contribution in [0, 0.1) is 17.6 Å². The van der Waals surface area contributed by atoms with Crippen molar-refractivity contribution in [3.05, 3.63) is 88.0 Å². The lowest BCUT2D eigenvalue weighted by atomic mass is 9.81. The first-order valence-electron chi connectivity index (χ1n) is 11.6. The summed E-state index contributed by atoms with van der Waals surface area (Å²) in [4.78, 5) is 5.80. The van der Waals surface area contributed by atoms with E-state index in [4.69, 9.17) is 27.9 Å². The SMILES string of the molecule is CN1CCC(c2ccc(F)cc2)[C@H](COc2ccc(SNc3ccc(Cl)c4c(Cl)c[nH]c34)c(F)c2)C1. The summed E-state index contributed by atoms with van der Waals surface area (Å²) in [5, 5.41) is 1.80. The Labute approximate surface area is 223 Å². The van der Waals surface area contributed by atoms with E-state index in [2.05, 4.69) is 21.7 Å². The number of piperidine rings is 1. The maximum absolute atomic E-state index is 14.9. The fourth-order valence-corrected chi connectivity index (χ4v) is 5.99. The molecule has 1 aliphatic heterocycles. The van der Waals surface area contributed by atoms with Crippen molar-refractivity contribution < 1.29 is 13.5 Å². The second-order valence-electron chi connectivity index (χ2n) is 9.06. The molecule has 1 fully saturated rings. The molecule has 4 nitrogen and oxygen atoms in total. The Balaban J connectivity index is 1.24. The van der Waals surface area contributed by atoms with Crippen LogP contribution in [0.3, 0.4) is 0 Å². The molecule has 1 unspecified atom stereocenters. The van der Waals surface area contributed by atoms with Crippen LogP contribution >= 0.6 is 35.1 Å². The minimum absolute atomic E-state index is 0.216. The molecular weight excluding hydrogens is 523 g/mol. The minimum atomic E-state index is -0.379. The number of nitrogens with one attached hydrogen (secondary N) is 2. The molecule has 1 saturated heterocycles. The number of benzene rings is 3. The molecule has 9 heteroatoms. The summed E-state index contributed by atoms with van der Waals surface area (Å²) in [7, 11) is 2.09. The Kier molecular flexibility index (Phi) is 7.62. The smallest absolute Gasteiger partial charge is 0.142 e. The van der Waals surface area contributed by atoms with Crippen LogP contribution in [0.4, 0.5) is 14.5 Å². The maximum Gasteiger partial charge on any atom is 0.142 e. The molecule has 36 heavy (non-hydrogen) atoms. The van der Waals surface area contributed by atoms with Crippen molar-refractivity contribution in [2.75, 3.05) is 31.5 Å². The van der Waals surface area contributed by atoms with Crippen LogP contribution in [-0.4, -0.2) is 36.6 Å². The average Bonchev–Trinajstić information content (AvgIpc) is 3.26. The third-order valence-electron chi connectivity index (χ3n) is 6.61. The van der Waals surface area contributed by atoms with Crippen LogP contribution in [0.15, 0.2) is 65.7 Å². The largest absolute Gasteiger partial charge is 0.493 e. The van der Waals surface area contributed by atoms with E-state index in [9.17, 15) is 8.78 Å². The third kappa shape index (κ3) is 5.44. The van der Waals surface area contributed by atoms with Crippen LogP contribution in [0.1, 0.15) is 17.9 Å². The van der Waals surface area contributed by atoms with Gasteiger partial charge < -0.3 is 19.3 Å². The molecule has 188 valence electrons. The number of H-pyrrole nitrogens is 1. The summed E-state index contributed by atoms with van der Waals surface area (Å²) in [5.74, 6) is 0.347. The Bertz CT molecular complexity index is 1370.